The summed E-state index contributed by atoms with van der Waals surface area (Å²) >= 11 is 1.78. The average molecular weight is 265 g/mol. The zero-order valence-corrected chi connectivity index (χ0v) is 11.9. The smallest absolute Gasteiger partial charge is 0.0540 e. The van der Waals surface area contributed by atoms with E-state index in [-0.39, 0.29) is 6.10 Å². The van der Waals surface area contributed by atoms with Gasteiger partial charge in [0.05, 0.1) is 6.10 Å². The first-order valence-corrected chi connectivity index (χ1v) is 8.02. The van der Waals surface area contributed by atoms with E-state index in [9.17, 15) is 5.11 Å². The maximum Gasteiger partial charge on any atom is 0.0540 e. The number of nitrogens with one attached hydrogen (secondary N) is 1. The van der Waals surface area contributed by atoms with Gasteiger partial charge in [-0.2, -0.15) is 0 Å². The van der Waals surface area contributed by atoms with E-state index in [4.69, 9.17) is 0 Å². The minimum absolute atomic E-state index is 0.0414. The van der Waals surface area contributed by atoms with Gasteiger partial charge in [-0.3, -0.25) is 0 Å². The third-order valence-electron chi connectivity index (χ3n) is 3.74. The van der Waals surface area contributed by atoms with Crippen LogP contribution in [0.1, 0.15) is 31.2 Å². The Hall–Kier alpha value is -0.510. The monoisotopic (exact) mass is 265 g/mol. The van der Waals surface area contributed by atoms with Gasteiger partial charge in [-0.15, -0.1) is 11.8 Å². The number of aliphatic hydroxyl groups is 1. The molecule has 0 spiro atoms. The van der Waals surface area contributed by atoms with Crippen molar-refractivity contribution < 1.29 is 5.11 Å². The Morgan fingerprint density at radius 2 is 1.83 bits per heavy atom. The second kappa shape index (κ2) is 7.17. The van der Waals surface area contributed by atoms with Crippen LogP contribution < -0.4 is 5.32 Å². The van der Waals surface area contributed by atoms with Crippen molar-refractivity contribution in [1.29, 1.82) is 0 Å². The Morgan fingerprint density at radius 3 is 2.44 bits per heavy atom. The Bertz CT molecular complexity index is 344. The molecule has 2 nitrogen and oxygen atoms in total. The molecule has 0 aromatic heterocycles. The van der Waals surface area contributed by atoms with E-state index >= 15 is 0 Å². The molecule has 1 aromatic carbocycles. The summed E-state index contributed by atoms with van der Waals surface area (Å²) in [5.41, 5.74) is 1.35. The molecule has 0 amide bonds. The first-order valence-electron chi connectivity index (χ1n) is 6.79. The summed E-state index contributed by atoms with van der Waals surface area (Å²) in [6.45, 7) is 2.03. The lowest BCUT2D eigenvalue weighted by Crippen LogP contribution is -2.27. The van der Waals surface area contributed by atoms with Crippen LogP contribution in [0.25, 0.3) is 0 Å². The van der Waals surface area contributed by atoms with E-state index in [0.717, 1.165) is 31.8 Å². The third-order valence-corrected chi connectivity index (χ3v) is 4.48. The summed E-state index contributed by atoms with van der Waals surface area (Å²) in [6, 6.07) is 8.75. The van der Waals surface area contributed by atoms with E-state index in [1.54, 1.807) is 11.8 Å². The van der Waals surface area contributed by atoms with E-state index in [2.05, 4.69) is 35.8 Å². The predicted molar refractivity (Wildman–Crippen MR) is 77.9 cm³/mol. The molecule has 0 unspecified atom stereocenters. The molecule has 2 rings (SSSR count). The van der Waals surface area contributed by atoms with Gasteiger partial charge < -0.3 is 10.4 Å². The van der Waals surface area contributed by atoms with Crippen LogP contribution in [0.3, 0.4) is 0 Å². The van der Waals surface area contributed by atoms with Crippen molar-refractivity contribution in [2.45, 2.75) is 43.2 Å². The lowest BCUT2D eigenvalue weighted by Gasteiger charge is -2.25. The van der Waals surface area contributed by atoms with Crippen molar-refractivity contribution >= 4 is 11.8 Å². The van der Waals surface area contributed by atoms with Crippen molar-refractivity contribution in [1.82, 2.24) is 5.32 Å². The molecular formula is C15H23NOS. The van der Waals surface area contributed by atoms with Gasteiger partial charge in [-0.1, -0.05) is 12.1 Å². The Balaban J connectivity index is 1.68. The summed E-state index contributed by atoms with van der Waals surface area (Å²) in [6.07, 6.45) is 6.35. The molecular weight excluding hydrogens is 242 g/mol. The van der Waals surface area contributed by atoms with Crippen molar-refractivity contribution in [2.75, 3.05) is 12.8 Å². The van der Waals surface area contributed by atoms with Crippen LogP contribution in [-0.2, 0) is 6.54 Å². The van der Waals surface area contributed by atoms with Gasteiger partial charge in [0.2, 0.25) is 0 Å². The van der Waals surface area contributed by atoms with Crippen molar-refractivity contribution in [3.05, 3.63) is 29.8 Å². The van der Waals surface area contributed by atoms with Gasteiger partial charge in [-0.05, 0) is 62.1 Å². The molecule has 18 heavy (non-hydrogen) atoms. The fourth-order valence-corrected chi connectivity index (χ4v) is 2.92. The largest absolute Gasteiger partial charge is 0.393 e. The molecule has 0 aliphatic heterocycles. The second-order valence-corrected chi connectivity index (χ2v) is 6.03. The van der Waals surface area contributed by atoms with Gasteiger partial charge in [0, 0.05) is 11.4 Å². The van der Waals surface area contributed by atoms with Crippen LogP contribution in [0.4, 0.5) is 0 Å². The van der Waals surface area contributed by atoms with E-state index in [0.29, 0.717) is 0 Å². The maximum atomic E-state index is 9.46. The van der Waals surface area contributed by atoms with Crippen LogP contribution in [-0.4, -0.2) is 24.0 Å². The highest BCUT2D eigenvalue weighted by Gasteiger charge is 2.18. The van der Waals surface area contributed by atoms with E-state index < -0.39 is 0 Å². The fourth-order valence-electron chi connectivity index (χ4n) is 2.51. The molecule has 2 N–H and O–H groups in total. The van der Waals surface area contributed by atoms with Crippen LogP contribution in [0.15, 0.2) is 29.2 Å². The Labute approximate surface area is 114 Å². The number of thioether (sulfide) groups is 1. The molecule has 3 heteroatoms. The molecule has 0 atom stereocenters. The van der Waals surface area contributed by atoms with Crippen LogP contribution in [0.5, 0.6) is 0 Å². The van der Waals surface area contributed by atoms with Crippen LogP contribution in [0.2, 0.25) is 0 Å². The molecule has 1 aromatic rings. The van der Waals surface area contributed by atoms with Gasteiger partial charge in [0.1, 0.15) is 0 Å². The number of hydrogen-bond acceptors (Lipinski definition) is 3. The van der Waals surface area contributed by atoms with E-state index in [1.165, 1.54) is 23.3 Å². The topological polar surface area (TPSA) is 32.3 Å². The highest BCUT2D eigenvalue weighted by Crippen LogP contribution is 2.23. The number of aliphatic hydroxyl groups excluding tert-OH is 1. The fraction of sp³-hybridized carbons (Fsp3) is 0.600. The van der Waals surface area contributed by atoms with Crippen LogP contribution in [0, 0.1) is 5.92 Å². The molecule has 1 aliphatic carbocycles. The average Bonchev–Trinajstić information content (AvgIpc) is 2.42. The highest BCUT2D eigenvalue weighted by molar-refractivity contribution is 7.98. The summed E-state index contributed by atoms with van der Waals surface area (Å²) < 4.78 is 0. The van der Waals surface area contributed by atoms with E-state index in [1.807, 2.05) is 0 Å². The first kappa shape index (κ1) is 13.9. The second-order valence-electron chi connectivity index (χ2n) is 5.15. The van der Waals surface area contributed by atoms with Crippen LogP contribution >= 0.6 is 11.8 Å². The normalized spacial score (nSPS) is 24.1. The molecule has 0 bridgehead atoms. The Morgan fingerprint density at radius 1 is 1.17 bits per heavy atom. The lowest BCUT2D eigenvalue weighted by atomic mass is 9.87. The Kier molecular flexibility index (Phi) is 5.54. The minimum atomic E-state index is -0.0414. The van der Waals surface area contributed by atoms with Crippen molar-refractivity contribution in [3.8, 4) is 0 Å². The zero-order chi connectivity index (χ0) is 12.8. The first-order chi connectivity index (χ1) is 8.78. The molecule has 1 aliphatic rings. The number of rotatable bonds is 5. The van der Waals surface area contributed by atoms with Gasteiger partial charge in [0.15, 0.2) is 0 Å². The summed E-state index contributed by atoms with van der Waals surface area (Å²) in [5, 5.41) is 13.0. The molecule has 0 radical (unpaired) electrons. The van der Waals surface area contributed by atoms with Crippen molar-refractivity contribution in [2.24, 2.45) is 5.92 Å². The number of hydrogen-bond donors (Lipinski definition) is 2. The standard InChI is InChI=1S/C15H23NOS/c1-18-15-8-4-13(5-9-15)11-16-10-12-2-6-14(17)7-3-12/h4-5,8-9,12,14,16-17H,2-3,6-7,10-11H2,1H3. The zero-order valence-electron chi connectivity index (χ0n) is 11.1. The molecule has 0 heterocycles. The third kappa shape index (κ3) is 4.30. The molecule has 1 saturated carbocycles. The SMILES string of the molecule is CSc1ccc(CNCC2CCC(O)CC2)cc1. The highest BCUT2D eigenvalue weighted by atomic mass is 32.2. The molecule has 100 valence electrons. The molecule has 1 fully saturated rings. The predicted octanol–water partition coefficient (Wildman–Crippen LogP) is 3.05. The number of benzene rings is 1. The van der Waals surface area contributed by atoms with Gasteiger partial charge in [0.25, 0.3) is 0 Å². The van der Waals surface area contributed by atoms with Gasteiger partial charge >= 0.3 is 0 Å². The summed E-state index contributed by atoms with van der Waals surface area (Å²) in [7, 11) is 0. The molecule has 0 saturated heterocycles. The minimum Gasteiger partial charge on any atom is -0.393 e. The van der Waals surface area contributed by atoms with Gasteiger partial charge in [-0.25, -0.2) is 0 Å². The quantitative estimate of drug-likeness (QED) is 0.803. The maximum absolute atomic E-state index is 9.46. The van der Waals surface area contributed by atoms with Crippen molar-refractivity contribution in [3.63, 3.8) is 0 Å². The summed E-state index contributed by atoms with van der Waals surface area (Å²) in [4.78, 5) is 1.32. The summed E-state index contributed by atoms with van der Waals surface area (Å²) in [5.74, 6) is 0.749. The lowest BCUT2D eigenvalue weighted by molar-refractivity contribution is 0.108.